The highest BCUT2D eigenvalue weighted by Crippen LogP contribution is 2.10. The van der Waals surface area contributed by atoms with Gasteiger partial charge in [-0.2, -0.15) is 4.90 Å². The zero-order chi connectivity index (χ0) is 13.7. The molecule has 18 heavy (non-hydrogen) atoms. The zero-order valence-electron chi connectivity index (χ0n) is 9.18. The molecule has 3 N–H and O–H groups in total. The van der Waals surface area contributed by atoms with Gasteiger partial charge in [0.15, 0.2) is 0 Å². The summed E-state index contributed by atoms with van der Waals surface area (Å²) in [6, 6.07) is 6.55. The van der Waals surface area contributed by atoms with Gasteiger partial charge in [0.2, 0.25) is 0 Å². The summed E-state index contributed by atoms with van der Waals surface area (Å²) in [6.45, 7) is 0. The topological polar surface area (TPSA) is 115 Å². The average Bonchev–Trinajstić information content (AvgIpc) is 2.28. The van der Waals surface area contributed by atoms with Crippen LogP contribution >= 0.6 is 0 Å². The zero-order valence-corrected chi connectivity index (χ0v) is 9.18. The molecule has 1 aromatic carbocycles. The number of benzene rings is 1. The van der Waals surface area contributed by atoms with Crippen LogP contribution in [0.25, 0.3) is 0 Å². The van der Waals surface area contributed by atoms with Gasteiger partial charge in [0.05, 0.1) is 0 Å². The van der Waals surface area contributed by atoms with Crippen LogP contribution < -0.4 is 0 Å². The van der Waals surface area contributed by atoms with Crippen molar-refractivity contribution in [3.63, 3.8) is 0 Å². The van der Waals surface area contributed by atoms with Gasteiger partial charge in [0.25, 0.3) is 0 Å². The largest absolute Gasteiger partial charge is 0.480 e. The van der Waals surface area contributed by atoms with E-state index >= 15 is 0 Å². The Labute approximate surface area is 102 Å². The van der Waals surface area contributed by atoms with Crippen LogP contribution in [0, 0.1) is 0 Å². The Kier molecular flexibility index (Phi) is 4.25. The molecule has 0 saturated heterocycles. The minimum atomic E-state index is -1.81. The summed E-state index contributed by atoms with van der Waals surface area (Å²) >= 11 is 0. The van der Waals surface area contributed by atoms with Crippen LogP contribution in [0.4, 0.5) is 9.59 Å². The van der Waals surface area contributed by atoms with Gasteiger partial charge in [0.1, 0.15) is 6.04 Å². The molecule has 0 aliphatic heterocycles. The second-order valence-corrected chi connectivity index (χ2v) is 3.48. The molecule has 96 valence electrons. The fourth-order valence-corrected chi connectivity index (χ4v) is 1.47. The van der Waals surface area contributed by atoms with Crippen molar-refractivity contribution in [1.82, 2.24) is 4.90 Å². The number of carbonyl (C=O) groups is 3. The van der Waals surface area contributed by atoms with Gasteiger partial charge in [-0.1, -0.05) is 30.3 Å². The summed E-state index contributed by atoms with van der Waals surface area (Å²) < 4.78 is 0. The maximum atomic E-state index is 11.0. The van der Waals surface area contributed by atoms with E-state index < -0.39 is 24.2 Å². The summed E-state index contributed by atoms with van der Waals surface area (Å²) in [6.07, 6.45) is -3.84. The maximum absolute atomic E-state index is 11.0. The molecule has 0 spiro atoms. The summed E-state index contributed by atoms with van der Waals surface area (Å²) in [5.41, 5.74) is 0.539. The molecule has 0 aromatic heterocycles. The number of imide groups is 1. The molecule has 1 aromatic rings. The van der Waals surface area contributed by atoms with Crippen molar-refractivity contribution in [3.8, 4) is 0 Å². The molecular weight excluding hydrogens is 242 g/mol. The molecule has 0 heterocycles. The normalized spacial score (nSPS) is 11.6. The molecule has 0 aliphatic rings. The average molecular weight is 253 g/mol. The molecule has 1 atom stereocenters. The molecule has 0 bridgehead atoms. The fourth-order valence-electron chi connectivity index (χ4n) is 1.47. The van der Waals surface area contributed by atoms with Gasteiger partial charge < -0.3 is 15.3 Å². The Balaban J connectivity index is 2.99. The Morgan fingerprint density at radius 3 is 1.89 bits per heavy atom. The highest BCUT2D eigenvalue weighted by Gasteiger charge is 2.34. The van der Waals surface area contributed by atoms with Crippen molar-refractivity contribution < 1.29 is 29.7 Å². The number of amides is 2. The van der Waals surface area contributed by atoms with Gasteiger partial charge in [0, 0.05) is 6.42 Å². The lowest BCUT2D eigenvalue weighted by Gasteiger charge is -2.21. The molecule has 2 amide bonds. The Hall–Kier alpha value is -2.57. The maximum Gasteiger partial charge on any atom is 0.417 e. The van der Waals surface area contributed by atoms with Crippen LogP contribution in [0.3, 0.4) is 0 Å². The molecule has 0 aliphatic carbocycles. The van der Waals surface area contributed by atoms with Crippen molar-refractivity contribution in [3.05, 3.63) is 35.9 Å². The van der Waals surface area contributed by atoms with Gasteiger partial charge in [-0.25, -0.2) is 14.4 Å². The second-order valence-electron chi connectivity index (χ2n) is 3.48. The monoisotopic (exact) mass is 253 g/mol. The van der Waals surface area contributed by atoms with E-state index in [1.54, 1.807) is 30.3 Å². The highest BCUT2D eigenvalue weighted by molar-refractivity contribution is 5.91. The lowest BCUT2D eigenvalue weighted by atomic mass is 10.1. The quantitative estimate of drug-likeness (QED) is 0.745. The number of carboxylic acids is 1. The number of rotatable bonds is 4. The number of nitrogens with zero attached hydrogens (tertiary/aromatic N) is 1. The van der Waals surface area contributed by atoms with Crippen LogP contribution in [0.2, 0.25) is 0 Å². The predicted molar refractivity (Wildman–Crippen MR) is 59.5 cm³/mol. The lowest BCUT2D eigenvalue weighted by Crippen LogP contribution is -2.48. The first-order valence-corrected chi connectivity index (χ1v) is 4.95. The van der Waals surface area contributed by atoms with Crippen LogP contribution in [-0.4, -0.2) is 44.4 Å². The van der Waals surface area contributed by atoms with Crippen molar-refractivity contribution in [2.75, 3.05) is 0 Å². The summed E-state index contributed by atoms with van der Waals surface area (Å²) in [5.74, 6) is -1.51. The predicted octanol–water partition coefficient (Wildman–Crippen LogP) is 1.34. The van der Waals surface area contributed by atoms with Gasteiger partial charge in [-0.3, -0.25) is 0 Å². The van der Waals surface area contributed by atoms with Crippen molar-refractivity contribution in [2.45, 2.75) is 12.5 Å². The molecule has 7 nitrogen and oxygen atoms in total. The third kappa shape index (κ3) is 3.21. The van der Waals surface area contributed by atoms with E-state index in [1.807, 2.05) is 0 Å². The minimum absolute atomic E-state index is 0.116. The highest BCUT2D eigenvalue weighted by atomic mass is 16.4. The van der Waals surface area contributed by atoms with Crippen molar-refractivity contribution in [1.29, 1.82) is 0 Å². The Morgan fingerprint density at radius 1 is 1.00 bits per heavy atom. The standard InChI is InChI=1S/C11H11NO6/c13-9(14)8(12(10(15)16)11(17)18)6-7-4-2-1-3-5-7/h1-5,8H,6H2,(H,13,14)(H,15,16)(H,17,18)/t8-/m0/s1. The third-order valence-electron chi connectivity index (χ3n) is 2.28. The number of hydrogen-bond acceptors (Lipinski definition) is 3. The van der Waals surface area contributed by atoms with E-state index in [0.717, 1.165) is 0 Å². The third-order valence-corrected chi connectivity index (χ3v) is 2.28. The van der Waals surface area contributed by atoms with E-state index in [-0.39, 0.29) is 11.3 Å². The molecular formula is C11H11NO6. The van der Waals surface area contributed by atoms with E-state index in [1.165, 1.54) is 0 Å². The first-order chi connectivity index (χ1) is 8.43. The second kappa shape index (κ2) is 5.67. The van der Waals surface area contributed by atoms with Gasteiger partial charge >= 0.3 is 18.2 Å². The lowest BCUT2D eigenvalue weighted by molar-refractivity contribution is -0.142. The van der Waals surface area contributed by atoms with Crippen LogP contribution in [0.15, 0.2) is 30.3 Å². The first kappa shape index (κ1) is 13.5. The first-order valence-electron chi connectivity index (χ1n) is 4.95. The Morgan fingerprint density at radius 2 is 1.50 bits per heavy atom. The number of carboxylic acid groups (broad SMARTS) is 3. The van der Waals surface area contributed by atoms with Crippen molar-refractivity contribution in [2.24, 2.45) is 0 Å². The van der Waals surface area contributed by atoms with E-state index in [4.69, 9.17) is 15.3 Å². The molecule has 7 heteroatoms. The van der Waals surface area contributed by atoms with Crippen LogP contribution in [0.1, 0.15) is 5.56 Å². The van der Waals surface area contributed by atoms with Crippen LogP contribution in [-0.2, 0) is 11.2 Å². The summed E-state index contributed by atoms with van der Waals surface area (Å²) in [4.78, 5) is 32.4. The summed E-state index contributed by atoms with van der Waals surface area (Å²) in [5, 5.41) is 26.4. The number of hydrogen-bond donors (Lipinski definition) is 3. The smallest absolute Gasteiger partial charge is 0.417 e. The summed E-state index contributed by atoms with van der Waals surface area (Å²) in [7, 11) is 0. The molecule has 0 unspecified atom stereocenters. The molecule has 0 fully saturated rings. The van der Waals surface area contributed by atoms with Gasteiger partial charge in [-0.15, -0.1) is 0 Å². The molecule has 1 rings (SSSR count). The number of aliphatic carboxylic acids is 1. The van der Waals surface area contributed by atoms with E-state index in [2.05, 4.69) is 0 Å². The van der Waals surface area contributed by atoms with Crippen LogP contribution in [0.5, 0.6) is 0 Å². The minimum Gasteiger partial charge on any atom is -0.480 e. The van der Waals surface area contributed by atoms with Gasteiger partial charge in [-0.05, 0) is 5.56 Å². The fraction of sp³-hybridized carbons (Fsp3) is 0.182. The van der Waals surface area contributed by atoms with E-state index in [9.17, 15) is 14.4 Å². The SMILES string of the molecule is O=C(O)[C@H](Cc1ccccc1)N(C(=O)O)C(=O)O. The van der Waals surface area contributed by atoms with E-state index in [0.29, 0.717) is 5.56 Å². The molecule has 0 radical (unpaired) electrons. The molecule has 0 saturated carbocycles. The van der Waals surface area contributed by atoms with Crippen molar-refractivity contribution >= 4 is 18.2 Å². The Bertz CT molecular complexity index is 444.